The highest BCUT2D eigenvalue weighted by Gasteiger charge is 2.53. The van der Waals surface area contributed by atoms with Gasteiger partial charge in [0.25, 0.3) is 18.8 Å². The highest BCUT2D eigenvalue weighted by atomic mass is 19.3. The van der Waals surface area contributed by atoms with Crippen molar-refractivity contribution in [1.29, 1.82) is 0 Å². The first-order valence-electron chi connectivity index (χ1n) is 6.72. The molecule has 0 radical (unpaired) electrons. The first-order valence-corrected chi connectivity index (χ1v) is 6.72. The Morgan fingerprint density at radius 3 is 2.60 bits per heavy atom. The molecule has 25 heavy (non-hydrogen) atoms. The molecule has 2 rings (SSSR count). The van der Waals surface area contributed by atoms with Crippen LogP contribution < -0.4 is 4.74 Å². The number of hydrogen-bond donors (Lipinski definition) is 1. The van der Waals surface area contributed by atoms with Crippen LogP contribution in [0.1, 0.15) is 6.42 Å². The summed E-state index contributed by atoms with van der Waals surface area (Å²) in [6.07, 6.45) is -8.03. The van der Waals surface area contributed by atoms with Gasteiger partial charge < -0.3 is 9.84 Å². The smallest absolute Gasteiger partial charge is 0.310 e. The van der Waals surface area contributed by atoms with Crippen molar-refractivity contribution in [1.82, 2.24) is 5.01 Å². The van der Waals surface area contributed by atoms with Crippen LogP contribution in [0.5, 0.6) is 5.75 Å². The van der Waals surface area contributed by atoms with Crippen molar-refractivity contribution < 1.29 is 37.1 Å². The Kier molecular flexibility index (Phi) is 5.21. The predicted octanol–water partition coefficient (Wildman–Crippen LogP) is 1.78. The van der Waals surface area contributed by atoms with E-state index < -0.39 is 53.8 Å². The predicted molar refractivity (Wildman–Crippen MR) is 74.4 cm³/mol. The second-order valence-corrected chi connectivity index (χ2v) is 4.97. The number of hydrazone groups is 1. The third-order valence-corrected chi connectivity index (χ3v) is 3.29. The zero-order valence-electron chi connectivity index (χ0n) is 12.3. The lowest BCUT2D eigenvalue weighted by molar-refractivity contribution is -0.385. The van der Waals surface area contributed by atoms with Crippen molar-refractivity contribution in [3.05, 3.63) is 34.4 Å². The van der Waals surface area contributed by atoms with E-state index in [4.69, 9.17) is 4.74 Å². The monoisotopic (exact) mass is 365 g/mol. The summed E-state index contributed by atoms with van der Waals surface area (Å²) in [5.74, 6) is -1.70. The topological polar surface area (TPSA) is 105 Å². The maximum atomic E-state index is 13.0. The number of alkyl halides is 4. The van der Waals surface area contributed by atoms with E-state index in [0.717, 1.165) is 12.1 Å². The molecule has 0 fully saturated rings. The van der Waals surface area contributed by atoms with E-state index in [1.165, 1.54) is 12.1 Å². The highest BCUT2D eigenvalue weighted by molar-refractivity contribution is 5.93. The summed E-state index contributed by atoms with van der Waals surface area (Å²) in [7, 11) is 0. The zero-order valence-corrected chi connectivity index (χ0v) is 12.3. The van der Waals surface area contributed by atoms with Crippen LogP contribution in [-0.2, 0) is 4.79 Å². The average molecular weight is 365 g/mol. The van der Waals surface area contributed by atoms with Crippen LogP contribution in [-0.4, -0.2) is 51.8 Å². The Labute approximate surface area is 137 Å². The quantitative estimate of drug-likeness (QED) is 0.470. The molecule has 0 unspecified atom stereocenters. The number of carbonyl (C=O) groups excluding carboxylic acids is 1. The molecule has 0 saturated heterocycles. The molecule has 136 valence electrons. The number of nitrogens with zero attached hydrogens (tertiary/aromatic N) is 3. The van der Waals surface area contributed by atoms with E-state index >= 15 is 0 Å². The van der Waals surface area contributed by atoms with Crippen LogP contribution in [0.3, 0.4) is 0 Å². The van der Waals surface area contributed by atoms with Crippen LogP contribution in [0.2, 0.25) is 0 Å². The second-order valence-electron chi connectivity index (χ2n) is 4.97. The van der Waals surface area contributed by atoms with E-state index in [9.17, 15) is 37.6 Å². The zero-order chi connectivity index (χ0) is 18.8. The Hall–Kier alpha value is -2.76. The third-order valence-electron chi connectivity index (χ3n) is 3.29. The van der Waals surface area contributed by atoms with Crippen LogP contribution in [0.15, 0.2) is 29.4 Å². The normalized spacial score (nSPS) is 20.1. The number of para-hydroxylation sites is 2. The van der Waals surface area contributed by atoms with Crippen molar-refractivity contribution in [3.63, 3.8) is 0 Å². The number of hydrogen-bond acceptors (Lipinski definition) is 6. The molecule has 1 amide bonds. The minimum Gasteiger partial charge on any atom is -0.477 e. The third kappa shape index (κ3) is 3.68. The van der Waals surface area contributed by atoms with Gasteiger partial charge in [-0.25, -0.2) is 17.6 Å². The summed E-state index contributed by atoms with van der Waals surface area (Å²) in [6.45, 7) is -1.03. The van der Waals surface area contributed by atoms with E-state index in [1.54, 1.807) is 0 Å². The van der Waals surface area contributed by atoms with Crippen molar-refractivity contribution in [3.8, 4) is 5.75 Å². The van der Waals surface area contributed by atoms with Gasteiger partial charge in [0.05, 0.1) is 4.92 Å². The number of nitro groups is 1. The largest absolute Gasteiger partial charge is 0.477 e. The molecule has 8 nitrogen and oxygen atoms in total. The van der Waals surface area contributed by atoms with Gasteiger partial charge in [-0.2, -0.15) is 10.1 Å². The summed E-state index contributed by atoms with van der Waals surface area (Å²) in [4.78, 5) is 22.0. The fourth-order valence-electron chi connectivity index (χ4n) is 2.08. The molecule has 12 heteroatoms. The van der Waals surface area contributed by atoms with Gasteiger partial charge >= 0.3 is 5.69 Å². The summed E-state index contributed by atoms with van der Waals surface area (Å²) in [5, 5.41) is 23.5. The van der Waals surface area contributed by atoms with Crippen LogP contribution in [0, 0.1) is 10.1 Å². The van der Waals surface area contributed by atoms with E-state index in [-0.39, 0.29) is 10.8 Å². The fourth-order valence-corrected chi connectivity index (χ4v) is 2.08. The molecule has 0 aliphatic carbocycles. The van der Waals surface area contributed by atoms with Gasteiger partial charge in [0.15, 0.2) is 12.4 Å². The molecule has 0 bridgehead atoms. The second kappa shape index (κ2) is 7.01. The number of rotatable bonds is 6. The first-order chi connectivity index (χ1) is 11.7. The molecule has 1 atom stereocenters. The first kappa shape index (κ1) is 18.6. The molecule has 1 aromatic rings. The molecular weight excluding hydrogens is 354 g/mol. The van der Waals surface area contributed by atoms with Crippen LogP contribution in [0.25, 0.3) is 0 Å². The molecule has 0 saturated carbocycles. The maximum Gasteiger partial charge on any atom is 0.310 e. The number of ether oxygens (including phenoxy) is 1. The number of aliphatic hydroxyl groups is 1. The molecule has 0 aromatic heterocycles. The SMILES string of the molecule is O=C(COc1ccccc1[N+](=O)[O-])N1N=C(C(F)F)C[C@@]1(O)C(F)F. The fraction of sp³-hybridized carbons (Fsp3) is 0.385. The van der Waals surface area contributed by atoms with Crippen molar-refractivity contribution in [2.45, 2.75) is 25.0 Å². The minimum atomic E-state index is -3.57. The molecule has 1 aliphatic rings. The Balaban J connectivity index is 2.18. The summed E-state index contributed by atoms with van der Waals surface area (Å²) < 4.78 is 56.2. The van der Waals surface area contributed by atoms with Gasteiger partial charge in [-0.1, -0.05) is 12.1 Å². The lowest BCUT2D eigenvalue weighted by Crippen LogP contribution is -2.52. The summed E-state index contributed by atoms with van der Waals surface area (Å²) in [6, 6.07) is 4.94. The number of benzene rings is 1. The molecule has 1 aromatic carbocycles. The molecular formula is C13H11F4N3O5. The number of halogens is 4. The Morgan fingerprint density at radius 1 is 1.40 bits per heavy atom. The van der Waals surface area contributed by atoms with Gasteiger partial charge in [0.2, 0.25) is 5.72 Å². The lowest BCUT2D eigenvalue weighted by atomic mass is 10.1. The van der Waals surface area contributed by atoms with Crippen LogP contribution in [0.4, 0.5) is 23.2 Å². The van der Waals surface area contributed by atoms with Crippen molar-refractivity contribution >= 4 is 17.3 Å². The standard InChI is InChI=1S/C13H11F4N3O5/c14-11(15)7-5-13(22,12(16)17)19(18-7)10(21)6-25-9-4-2-1-3-8(9)20(23)24/h1-4,11-12,22H,5-6H2/t13-/m1/s1. The Bertz CT molecular complexity index is 715. The van der Waals surface area contributed by atoms with Crippen molar-refractivity contribution in [2.75, 3.05) is 6.61 Å². The maximum absolute atomic E-state index is 13.0. The molecule has 1 heterocycles. The summed E-state index contributed by atoms with van der Waals surface area (Å²) >= 11 is 0. The van der Waals surface area contributed by atoms with Gasteiger partial charge in [-0.15, -0.1) is 0 Å². The van der Waals surface area contributed by atoms with Gasteiger partial charge in [-0.05, 0) is 6.07 Å². The van der Waals surface area contributed by atoms with Gasteiger partial charge in [0.1, 0.15) is 5.71 Å². The summed E-state index contributed by atoms with van der Waals surface area (Å²) in [5.41, 5.74) is -4.80. The average Bonchev–Trinajstić information content (AvgIpc) is 2.92. The van der Waals surface area contributed by atoms with Gasteiger partial charge in [-0.3, -0.25) is 14.9 Å². The lowest BCUT2D eigenvalue weighted by Gasteiger charge is -2.29. The molecule has 1 aliphatic heterocycles. The minimum absolute atomic E-state index is 0.173. The number of nitro benzene ring substituents is 1. The highest BCUT2D eigenvalue weighted by Crippen LogP contribution is 2.33. The van der Waals surface area contributed by atoms with E-state index in [1.807, 2.05) is 0 Å². The van der Waals surface area contributed by atoms with Crippen LogP contribution >= 0.6 is 0 Å². The van der Waals surface area contributed by atoms with Crippen molar-refractivity contribution in [2.24, 2.45) is 5.10 Å². The molecule has 0 spiro atoms. The Morgan fingerprint density at radius 2 is 2.04 bits per heavy atom. The van der Waals surface area contributed by atoms with E-state index in [2.05, 4.69) is 5.10 Å². The number of amides is 1. The number of carbonyl (C=O) groups is 1. The van der Waals surface area contributed by atoms with E-state index in [0.29, 0.717) is 0 Å². The molecule has 1 N–H and O–H groups in total. The van der Waals surface area contributed by atoms with Gasteiger partial charge in [0, 0.05) is 12.5 Å².